The van der Waals surface area contributed by atoms with Crippen molar-refractivity contribution in [3.05, 3.63) is 65.2 Å². The maximum Gasteiger partial charge on any atom is 0.251 e. The summed E-state index contributed by atoms with van der Waals surface area (Å²) in [6.45, 7) is 2.18. The van der Waals surface area contributed by atoms with Crippen LogP contribution in [-0.4, -0.2) is 20.4 Å². The Hall–Kier alpha value is -2.18. The van der Waals surface area contributed by atoms with Crippen molar-refractivity contribution in [1.29, 1.82) is 0 Å². The monoisotopic (exact) mass is 386 g/mol. The van der Waals surface area contributed by atoms with Crippen LogP contribution in [0.2, 0.25) is 0 Å². The van der Waals surface area contributed by atoms with Crippen LogP contribution in [0.3, 0.4) is 0 Å². The van der Waals surface area contributed by atoms with Crippen LogP contribution in [-0.2, 0) is 16.6 Å². The number of hydrogen-bond acceptors (Lipinski definition) is 3. The average molecular weight is 387 g/mol. The Morgan fingerprint density at radius 1 is 1.00 bits per heavy atom. The molecule has 0 heterocycles. The van der Waals surface area contributed by atoms with Crippen molar-refractivity contribution >= 4 is 15.9 Å². The highest BCUT2D eigenvalue weighted by molar-refractivity contribution is 7.89. The maximum absolute atomic E-state index is 12.5. The Morgan fingerprint density at radius 3 is 2.33 bits per heavy atom. The van der Waals surface area contributed by atoms with Crippen molar-refractivity contribution in [3.8, 4) is 0 Å². The quantitative estimate of drug-likeness (QED) is 0.797. The smallest absolute Gasteiger partial charge is 0.251 e. The third kappa shape index (κ3) is 5.17. The standard InChI is InChI=1S/C21H26N2O3S/c1-16-7-5-6-8-18(16)15-22-27(25,26)20-13-11-17(12-14-20)21(24)23-19-9-3-2-4-10-19/h5-8,11-14,19,22H,2-4,9-10,15H2,1H3,(H,23,24). The van der Waals surface area contributed by atoms with Crippen molar-refractivity contribution in [2.75, 3.05) is 0 Å². The number of nitrogens with one attached hydrogen (secondary N) is 2. The predicted molar refractivity (Wildman–Crippen MR) is 106 cm³/mol. The van der Waals surface area contributed by atoms with E-state index in [-0.39, 0.29) is 23.4 Å². The second-order valence-electron chi connectivity index (χ2n) is 7.08. The molecule has 27 heavy (non-hydrogen) atoms. The molecule has 3 rings (SSSR count). The molecule has 1 aliphatic rings. The van der Waals surface area contributed by atoms with Gasteiger partial charge in [0.25, 0.3) is 5.91 Å². The highest BCUT2D eigenvalue weighted by atomic mass is 32.2. The number of benzene rings is 2. The van der Waals surface area contributed by atoms with Gasteiger partial charge in [-0.3, -0.25) is 4.79 Å². The van der Waals surface area contributed by atoms with E-state index in [4.69, 9.17) is 0 Å². The summed E-state index contributed by atoms with van der Waals surface area (Å²) in [6, 6.07) is 14.0. The minimum Gasteiger partial charge on any atom is -0.349 e. The third-order valence-electron chi connectivity index (χ3n) is 5.08. The van der Waals surface area contributed by atoms with Gasteiger partial charge in [-0.05, 0) is 55.2 Å². The van der Waals surface area contributed by atoms with Gasteiger partial charge in [0.05, 0.1) is 4.90 Å². The van der Waals surface area contributed by atoms with Crippen LogP contribution >= 0.6 is 0 Å². The first-order valence-corrected chi connectivity index (χ1v) is 10.9. The molecule has 0 radical (unpaired) electrons. The molecule has 1 amide bonds. The Labute approximate surface area is 161 Å². The van der Waals surface area contributed by atoms with E-state index in [1.54, 1.807) is 12.1 Å². The molecule has 0 saturated heterocycles. The first kappa shape index (κ1) is 19.6. The summed E-state index contributed by atoms with van der Waals surface area (Å²) in [5.74, 6) is -0.140. The third-order valence-corrected chi connectivity index (χ3v) is 6.50. The van der Waals surface area contributed by atoms with Crippen LogP contribution in [0.15, 0.2) is 53.4 Å². The van der Waals surface area contributed by atoms with E-state index < -0.39 is 10.0 Å². The Bertz CT molecular complexity index is 886. The number of hydrogen-bond donors (Lipinski definition) is 2. The number of amides is 1. The zero-order chi connectivity index (χ0) is 19.3. The lowest BCUT2D eigenvalue weighted by Gasteiger charge is -2.22. The van der Waals surface area contributed by atoms with Crippen molar-refractivity contribution in [1.82, 2.24) is 10.0 Å². The van der Waals surface area contributed by atoms with Gasteiger partial charge < -0.3 is 5.32 Å². The van der Waals surface area contributed by atoms with Gasteiger partial charge >= 0.3 is 0 Å². The van der Waals surface area contributed by atoms with Crippen molar-refractivity contribution in [2.24, 2.45) is 0 Å². The van der Waals surface area contributed by atoms with Crippen LogP contribution in [0, 0.1) is 6.92 Å². The van der Waals surface area contributed by atoms with Crippen LogP contribution in [0.1, 0.15) is 53.6 Å². The fraction of sp³-hybridized carbons (Fsp3) is 0.381. The molecule has 0 spiro atoms. The maximum atomic E-state index is 12.5. The molecule has 0 aromatic heterocycles. The van der Waals surface area contributed by atoms with Gasteiger partial charge in [-0.1, -0.05) is 43.5 Å². The number of rotatable bonds is 6. The molecule has 2 aromatic carbocycles. The van der Waals surface area contributed by atoms with Gasteiger partial charge in [-0.25, -0.2) is 13.1 Å². The Balaban J connectivity index is 1.63. The van der Waals surface area contributed by atoms with E-state index >= 15 is 0 Å². The summed E-state index contributed by atoms with van der Waals surface area (Å²) in [4.78, 5) is 12.5. The van der Waals surface area contributed by atoms with E-state index in [1.165, 1.54) is 18.6 Å². The van der Waals surface area contributed by atoms with E-state index in [9.17, 15) is 13.2 Å². The summed E-state index contributed by atoms with van der Waals surface area (Å²) in [7, 11) is -3.63. The zero-order valence-corrected chi connectivity index (χ0v) is 16.4. The minimum absolute atomic E-state index is 0.140. The fourth-order valence-corrected chi connectivity index (χ4v) is 4.37. The van der Waals surface area contributed by atoms with Gasteiger partial charge in [0.1, 0.15) is 0 Å². The second kappa shape index (κ2) is 8.67. The molecule has 0 bridgehead atoms. The predicted octanol–water partition coefficient (Wildman–Crippen LogP) is 3.54. The largest absolute Gasteiger partial charge is 0.349 e. The van der Waals surface area contributed by atoms with Gasteiger partial charge in [-0.2, -0.15) is 0 Å². The van der Waals surface area contributed by atoms with Crippen LogP contribution < -0.4 is 10.0 Å². The van der Waals surface area contributed by atoms with Crippen LogP contribution in [0.4, 0.5) is 0 Å². The summed E-state index contributed by atoms with van der Waals surface area (Å²) >= 11 is 0. The molecule has 1 aliphatic carbocycles. The number of aryl methyl sites for hydroxylation is 1. The van der Waals surface area contributed by atoms with Gasteiger partial charge in [0, 0.05) is 18.2 Å². The summed E-state index contributed by atoms with van der Waals surface area (Å²) < 4.78 is 27.6. The Kier molecular flexibility index (Phi) is 6.29. The lowest BCUT2D eigenvalue weighted by atomic mass is 9.95. The topological polar surface area (TPSA) is 75.3 Å². The van der Waals surface area contributed by atoms with E-state index in [0.717, 1.165) is 36.8 Å². The molecule has 0 aliphatic heterocycles. The molecule has 2 aromatic rings. The average Bonchev–Trinajstić information content (AvgIpc) is 2.68. The summed E-state index contributed by atoms with van der Waals surface area (Å²) in [6.07, 6.45) is 5.56. The number of sulfonamides is 1. The van der Waals surface area contributed by atoms with Crippen molar-refractivity contribution in [2.45, 2.75) is 56.5 Å². The summed E-state index contributed by atoms with van der Waals surface area (Å²) in [5, 5.41) is 3.04. The van der Waals surface area contributed by atoms with Gasteiger partial charge in [0.15, 0.2) is 0 Å². The minimum atomic E-state index is -3.63. The summed E-state index contributed by atoms with van der Waals surface area (Å²) in [5.41, 5.74) is 2.46. The molecule has 5 nitrogen and oxygen atoms in total. The zero-order valence-electron chi connectivity index (χ0n) is 15.6. The van der Waals surface area contributed by atoms with E-state index in [2.05, 4.69) is 10.0 Å². The SMILES string of the molecule is Cc1ccccc1CNS(=O)(=O)c1ccc(C(=O)NC2CCCCC2)cc1. The van der Waals surface area contributed by atoms with Gasteiger partial charge in [-0.15, -0.1) is 0 Å². The number of carbonyl (C=O) groups is 1. The Morgan fingerprint density at radius 2 is 1.67 bits per heavy atom. The van der Waals surface area contributed by atoms with Crippen LogP contribution in [0.5, 0.6) is 0 Å². The molecular formula is C21H26N2O3S. The molecule has 0 atom stereocenters. The normalized spacial score (nSPS) is 15.4. The molecule has 144 valence electrons. The van der Waals surface area contributed by atoms with E-state index in [1.807, 2.05) is 31.2 Å². The molecule has 1 fully saturated rings. The number of carbonyl (C=O) groups excluding carboxylic acids is 1. The van der Waals surface area contributed by atoms with Crippen molar-refractivity contribution < 1.29 is 13.2 Å². The first-order chi connectivity index (χ1) is 13.0. The molecule has 0 unspecified atom stereocenters. The fourth-order valence-electron chi connectivity index (χ4n) is 3.37. The highest BCUT2D eigenvalue weighted by Gasteiger charge is 2.18. The van der Waals surface area contributed by atoms with E-state index in [0.29, 0.717) is 5.56 Å². The van der Waals surface area contributed by atoms with Crippen molar-refractivity contribution in [3.63, 3.8) is 0 Å². The molecule has 2 N–H and O–H groups in total. The highest BCUT2D eigenvalue weighted by Crippen LogP contribution is 2.18. The van der Waals surface area contributed by atoms with Gasteiger partial charge in [0.2, 0.25) is 10.0 Å². The molecule has 6 heteroatoms. The molecular weight excluding hydrogens is 360 g/mol. The first-order valence-electron chi connectivity index (χ1n) is 9.41. The second-order valence-corrected chi connectivity index (χ2v) is 8.85. The van der Waals surface area contributed by atoms with Crippen LogP contribution in [0.25, 0.3) is 0 Å². The lowest BCUT2D eigenvalue weighted by molar-refractivity contribution is 0.0927. The lowest BCUT2D eigenvalue weighted by Crippen LogP contribution is -2.36. The molecule has 1 saturated carbocycles.